The zero-order chi connectivity index (χ0) is 24.3. The lowest BCUT2D eigenvalue weighted by atomic mass is 10.0. The predicted octanol–water partition coefficient (Wildman–Crippen LogP) is 4.79. The van der Waals surface area contributed by atoms with E-state index in [0.29, 0.717) is 54.8 Å². The van der Waals surface area contributed by atoms with Crippen LogP contribution in [0, 0.1) is 5.92 Å². The van der Waals surface area contributed by atoms with Crippen molar-refractivity contribution < 1.29 is 22.7 Å². The second-order valence-corrected chi connectivity index (χ2v) is 7.79. The van der Waals surface area contributed by atoms with Crippen LogP contribution in [-0.2, 0) is 4.74 Å². The first-order valence-electron chi connectivity index (χ1n) is 11.2. The van der Waals surface area contributed by atoms with Gasteiger partial charge >= 0.3 is 6.18 Å². The molecule has 1 aromatic rings. The average molecular weight is 467 g/mol. The maximum absolute atomic E-state index is 13.7. The molecule has 1 aliphatic rings. The van der Waals surface area contributed by atoms with Gasteiger partial charge in [-0.3, -0.25) is 14.8 Å². The van der Waals surface area contributed by atoms with Gasteiger partial charge < -0.3 is 10.1 Å². The van der Waals surface area contributed by atoms with Crippen LogP contribution in [-0.4, -0.2) is 44.6 Å². The molecule has 1 saturated heterocycles. The Labute approximate surface area is 193 Å². The van der Waals surface area contributed by atoms with Crippen molar-refractivity contribution in [1.82, 2.24) is 5.32 Å². The highest BCUT2D eigenvalue weighted by atomic mass is 19.4. The highest BCUT2D eigenvalue weighted by Gasteiger charge is 2.37. The van der Waals surface area contributed by atoms with Crippen LogP contribution in [0.2, 0.25) is 0 Å². The molecule has 0 aromatic heterocycles. The van der Waals surface area contributed by atoms with Crippen LogP contribution in [0.1, 0.15) is 49.9 Å². The number of allylic oxidation sites excluding steroid dienone is 4. The number of rotatable bonds is 10. The van der Waals surface area contributed by atoms with Gasteiger partial charge in [0.2, 0.25) is 0 Å². The normalized spacial score (nSPS) is 16.3. The second-order valence-electron chi connectivity index (χ2n) is 7.79. The van der Waals surface area contributed by atoms with E-state index in [9.17, 15) is 18.0 Å². The molecule has 0 radical (unpaired) electrons. The molecule has 0 saturated carbocycles. The number of aliphatic imine (C=N–C) groups is 1. The molecule has 0 unspecified atom stereocenters. The number of nitrogens with two attached hydrogens (primary N) is 1. The number of hydrazine groups is 1. The molecule has 1 fully saturated rings. The van der Waals surface area contributed by atoms with Crippen molar-refractivity contribution in [2.75, 3.05) is 31.3 Å². The van der Waals surface area contributed by atoms with Gasteiger partial charge in [-0.1, -0.05) is 13.0 Å². The van der Waals surface area contributed by atoms with Crippen LogP contribution in [0.5, 0.6) is 0 Å². The highest BCUT2D eigenvalue weighted by molar-refractivity contribution is 5.94. The standard InChI is InChI=1S/C24H33F3N4O2/c1-3-5-18(16-29-4-2)6-11-22(24(25,26)27)31(28)21-9-7-20(8-10-21)23(32)30-17-19-12-14-33-15-13-19/h5,7-11,16,19H,3-4,6,12-15,17,28H2,1-2H3,(H,30,32)/b18-5-,22-11-,29-16?. The zero-order valence-corrected chi connectivity index (χ0v) is 19.2. The van der Waals surface area contributed by atoms with E-state index >= 15 is 0 Å². The Morgan fingerprint density at radius 3 is 2.45 bits per heavy atom. The molecule has 0 aliphatic carbocycles. The summed E-state index contributed by atoms with van der Waals surface area (Å²) in [5.74, 6) is 5.95. The number of carbonyl (C=O) groups is 1. The van der Waals surface area contributed by atoms with Crippen molar-refractivity contribution in [1.29, 1.82) is 0 Å². The molecule has 33 heavy (non-hydrogen) atoms. The zero-order valence-electron chi connectivity index (χ0n) is 19.2. The van der Waals surface area contributed by atoms with E-state index in [1.54, 1.807) is 6.21 Å². The molecule has 6 nitrogen and oxygen atoms in total. The number of carbonyl (C=O) groups excluding carboxylic acids is 1. The first kappa shape index (κ1) is 26.6. The van der Waals surface area contributed by atoms with Crippen molar-refractivity contribution >= 4 is 17.8 Å². The lowest BCUT2D eigenvalue weighted by molar-refractivity contribution is -0.0936. The summed E-state index contributed by atoms with van der Waals surface area (Å²) >= 11 is 0. The smallest absolute Gasteiger partial charge is 0.381 e. The molecule has 3 N–H and O–H groups in total. The number of halogens is 3. The number of nitrogens with one attached hydrogen (secondary N) is 1. The number of benzene rings is 1. The first-order valence-corrected chi connectivity index (χ1v) is 11.2. The Morgan fingerprint density at radius 1 is 1.21 bits per heavy atom. The van der Waals surface area contributed by atoms with Gasteiger partial charge in [-0.15, -0.1) is 0 Å². The summed E-state index contributed by atoms with van der Waals surface area (Å²) in [4.78, 5) is 16.5. The minimum Gasteiger partial charge on any atom is -0.381 e. The Kier molecular flexibility index (Phi) is 10.6. The van der Waals surface area contributed by atoms with Crippen LogP contribution in [0.4, 0.5) is 18.9 Å². The van der Waals surface area contributed by atoms with E-state index in [4.69, 9.17) is 10.6 Å². The summed E-state index contributed by atoms with van der Waals surface area (Å²) in [6.07, 6.45) is 2.35. The van der Waals surface area contributed by atoms with Gasteiger partial charge in [-0.25, -0.2) is 5.84 Å². The molecule has 0 spiro atoms. The number of alkyl halides is 3. The number of hydrogen-bond donors (Lipinski definition) is 2. The van der Waals surface area contributed by atoms with Gasteiger partial charge in [0.05, 0.1) is 5.69 Å². The van der Waals surface area contributed by atoms with Crippen molar-refractivity contribution in [3.63, 3.8) is 0 Å². The Balaban J connectivity index is 2.10. The number of amides is 1. The SMILES string of the molecule is CC/C=C(\C=NCC)C/C=C(\N(N)c1ccc(C(=O)NCC2CCOCC2)cc1)C(F)(F)F. The van der Waals surface area contributed by atoms with Gasteiger partial charge in [-0.05, 0) is 74.4 Å². The summed E-state index contributed by atoms with van der Waals surface area (Å²) in [7, 11) is 0. The lowest BCUT2D eigenvalue weighted by Gasteiger charge is -2.24. The molecule has 182 valence electrons. The van der Waals surface area contributed by atoms with Gasteiger partial charge in [0.1, 0.15) is 5.70 Å². The molecule has 1 amide bonds. The van der Waals surface area contributed by atoms with Crippen LogP contribution in [0.15, 0.2) is 52.7 Å². The van der Waals surface area contributed by atoms with E-state index in [1.807, 2.05) is 19.9 Å². The number of ether oxygens (including phenoxy) is 1. The van der Waals surface area contributed by atoms with Gasteiger partial charge in [0.25, 0.3) is 5.91 Å². The van der Waals surface area contributed by atoms with Gasteiger partial charge in [0.15, 0.2) is 0 Å². The Bertz CT molecular complexity index is 842. The van der Waals surface area contributed by atoms with E-state index < -0.39 is 11.9 Å². The Hall–Kier alpha value is -2.65. The fourth-order valence-corrected chi connectivity index (χ4v) is 3.43. The molecule has 9 heteroatoms. The van der Waals surface area contributed by atoms with Crippen LogP contribution < -0.4 is 16.2 Å². The number of hydrogen-bond acceptors (Lipinski definition) is 5. The minimum atomic E-state index is -4.65. The maximum Gasteiger partial charge on any atom is 0.432 e. The fourth-order valence-electron chi connectivity index (χ4n) is 3.43. The summed E-state index contributed by atoms with van der Waals surface area (Å²) in [6.45, 7) is 6.24. The van der Waals surface area contributed by atoms with Crippen molar-refractivity contribution in [2.45, 2.75) is 45.7 Å². The van der Waals surface area contributed by atoms with E-state index in [-0.39, 0.29) is 18.0 Å². The largest absolute Gasteiger partial charge is 0.432 e. The third kappa shape index (κ3) is 8.66. The van der Waals surface area contributed by atoms with E-state index in [2.05, 4.69) is 10.3 Å². The third-order valence-electron chi connectivity index (χ3n) is 5.29. The van der Waals surface area contributed by atoms with Crippen LogP contribution in [0.25, 0.3) is 0 Å². The molecule has 2 rings (SSSR count). The molecular weight excluding hydrogens is 433 g/mol. The van der Waals surface area contributed by atoms with Crippen LogP contribution in [0.3, 0.4) is 0 Å². The first-order chi connectivity index (χ1) is 15.8. The van der Waals surface area contributed by atoms with Gasteiger partial charge in [0, 0.05) is 38.1 Å². The molecule has 1 aromatic carbocycles. The third-order valence-corrected chi connectivity index (χ3v) is 5.29. The molecule has 1 heterocycles. The second kappa shape index (κ2) is 13.2. The summed E-state index contributed by atoms with van der Waals surface area (Å²) in [5.41, 5.74) is 0.195. The monoisotopic (exact) mass is 466 g/mol. The summed E-state index contributed by atoms with van der Waals surface area (Å²) in [5, 5.41) is 3.48. The minimum absolute atomic E-state index is 0.0482. The number of anilines is 1. The predicted molar refractivity (Wildman–Crippen MR) is 125 cm³/mol. The quantitative estimate of drug-likeness (QED) is 0.295. The van der Waals surface area contributed by atoms with E-state index in [0.717, 1.165) is 18.9 Å². The summed E-state index contributed by atoms with van der Waals surface area (Å²) in [6, 6.07) is 5.76. The lowest BCUT2D eigenvalue weighted by Crippen LogP contribution is -2.37. The van der Waals surface area contributed by atoms with Crippen molar-refractivity contribution in [3.8, 4) is 0 Å². The molecular formula is C24H33F3N4O2. The summed E-state index contributed by atoms with van der Waals surface area (Å²) < 4.78 is 46.4. The molecule has 0 atom stereocenters. The topological polar surface area (TPSA) is 80.0 Å². The number of nitrogens with zero attached hydrogens (tertiary/aromatic N) is 2. The van der Waals surface area contributed by atoms with Crippen molar-refractivity contribution in [2.24, 2.45) is 16.8 Å². The van der Waals surface area contributed by atoms with E-state index in [1.165, 1.54) is 24.3 Å². The fraction of sp³-hybridized carbons (Fsp3) is 0.500. The average Bonchev–Trinajstić information content (AvgIpc) is 2.80. The highest BCUT2D eigenvalue weighted by Crippen LogP contribution is 2.31. The van der Waals surface area contributed by atoms with Crippen molar-refractivity contribution in [3.05, 3.63) is 53.3 Å². The van der Waals surface area contributed by atoms with Gasteiger partial charge in [-0.2, -0.15) is 13.2 Å². The van der Waals surface area contributed by atoms with Crippen LogP contribution >= 0.6 is 0 Å². The maximum atomic E-state index is 13.7. The Morgan fingerprint density at radius 2 is 1.88 bits per heavy atom. The molecule has 0 bridgehead atoms. The molecule has 1 aliphatic heterocycles.